The highest BCUT2D eigenvalue weighted by atomic mass is 16.5. The maximum absolute atomic E-state index is 12.6. The van der Waals surface area contributed by atoms with Gasteiger partial charge in [0.25, 0.3) is 0 Å². The lowest BCUT2D eigenvalue weighted by Gasteiger charge is -2.22. The zero-order chi connectivity index (χ0) is 27.1. The van der Waals surface area contributed by atoms with Crippen LogP contribution in [0.1, 0.15) is 45.6 Å². The van der Waals surface area contributed by atoms with Crippen molar-refractivity contribution in [1.82, 2.24) is 21.3 Å². The van der Waals surface area contributed by atoms with Gasteiger partial charge in [0.2, 0.25) is 23.6 Å². The zero-order valence-corrected chi connectivity index (χ0v) is 21.2. The summed E-state index contributed by atoms with van der Waals surface area (Å²) in [5.74, 6) is -3.56. The molecule has 11 nitrogen and oxygen atoms in total. The molecule has 2 atom stereocenters. The molecule has 198 valence electrons. The van der Waals surface area contributed by atoms with Crippen molar-refractivity contribution in [3.8, 4) is 0 Å². The van der Waals surface area contributed by atoms with E-state index in [4.69, 9.17) is 0 Å². The van der Waals surface area contributed by atoms with Gasteiger partial charge in [-0.1, -0.05) is 44.2 Å². The predicted molar refractivity (Wildman–Crippen MR) is 131 cm³/mol. The number of amides is 4. The van der Waals surface area contributed by atoms with Crippen LogP contribution in [0.15, 0.2) is 30.3 Å². The number of rotatable bonds is 15. The van der Waals surface area contributed by atoms with E-state index >= 15 is 0 Å². The van der Waals surface area contributed by atoms with Crippen molar-refractivity contribution in [3.63, 3.8) is 0 Å². The fraction of sp³-hybridized carbons (Fsp3) is 0.520. The number of hydrogen-bond acceptors (Lipinski definition) is 7. The van der Waals surface area contributed by atoms with Gasteiger partial charge in [-0.3, -0.25) is 28.8 Å². The van der Waals surface area contributed by atoms with E-state index in [1.54, 1.807) is 13.8 Å². The number of nitrogens with one attached hydrogen (secondary N) is 4. The summed E-state index contributed by atoms with van der Waals surface area (Å²) in [6.07, 6.45) is 1.35. The summed E-state index contributed by atoms with van der Waals surface area (Å²) >= 11 is 0. The number of Topliss-reactive ketones (excluding diaryl/α,β-unsaturated/α-hetero) is 1. The number of carbonyl (C=O) groups excluding carboxylic acids is 6. The van der Waals surface area contributed by atoms with Crippen LogP contribution in [0, 0.1) is 5.92 Å². The summed E-state index contributed by atoms with van der Waals surface area (Å²) in [6, 6.07) is 7.65. The van der Waals surface area contributed by atoms with E-state index in [2.05, 4.69) is 26.0 Å². The van der Waals surface area contributed by atoms with Gasteiger partial charge in [-0.25, -0.2) is 0 Å². The molecule has 0 fully saturated rings. The van der Waals surface area contributed by atoms with Crippen LogP contribution in [0.5, 0.6) is 0 Å². The van der Waals surface area contributed by atoms with Gasteiger partial charge in [-0.2, -0.15) is 0 Å². The average molecular weight is 505 g/mol. The molecule has 36 heavy (non-hydrogen) atoms. The standard InChI is InChI=1S/C25H36N4O7/c1-16(2)23(25(35)26-14-19(31)12-8-11-18-9-6-5-7-10-18)29-21(32)15-27-24(34)20(28-17(3)30)13-22(33)36-4/h5-7,9-10,16,20,23H,8,11-15H2,1-4H3,(H,26,35)(H,27,34)(H,28,30)(H,29,32)/t20-,23?/m0/s1. The second-order valence-corrected chi connectivity index (χ2v) is 8.64. The van der Waals surface area contributed by atoms with Crippen LogP contribution in [0.25, 0.3) is 0 Å². The maximum atomic E-state index is 12.6. The zero-order valence-electron chi connectivity index (χ0n) is 21.2. The summed E-state index contributed by atoms with van der Waals surface area (Å²) in [6.45, 7) is 4.02. The Morgan fingerprint density at radius 3 is 2.11 bits per heavy atom. The van der Waals surface area contributed by atoms with Crippen LogP contribution in [-0.4, -0.2) is 67.7 Å². The van der Waals surface area contributed by atoms with E-state index in [1.807, 2.05) is 30.3 Å². The molecule has 1 rings (SSSR count). The van der Waals surface area contributed by atoms with Crippen LogP contribution in [0.2, 0.25) is 0 Å². The van der Waals surface area contributed by atoms with Crippen LogP contribution in [0.3, 0.4) is 0 Å². The van der Waals surface area contributed by atoms with E-state index < -0.39 is 54.6 Å². The lowest BCUT2D eigenvalue weighted by Crippen LogP contribution is -2.54. The molecular formula is C25H36N4O7. The molecule has 0 saturated carbocycles. The molecule has 0 bridgehead atoms. The van der Waals surface area contributed by atoms with Crippen molar-refractivity contribution < 1.29 is 33.5 Å². The molecule has 0 saturated heterocycles. The first-order valence-corrected chi connectivity index (χ1v) is 11.8. The van der Waals surface area contributed by atoms with Crippen molar-refractivity contribution in [2.24, 2.45) is 5.92 Å². The van der Waals surface area contributed by atoms with E-state index in [0.29, 0.717) is 12.8 Å². The van der Waals surface area contributed by atoms with Gasteiger partial charge in [0.15, 0.2) is 5.78 Å². The van der Waals surface area contributed by atoms with E-state index in [-0.39, 0.29) is 18.2 Å². The highest BCUT2D eigenvalue weighted by Crippen LogP contribution is 2.05. The Morgan fingerprint density at radius 2 is 1.53 bits per heavy atom. The molecule has 0 heterocycles. The SMILES string of the molecule is COC(=O)C[C@H](NC(C)=O)C(=O)NCC(=O)NC(C(=O)NCC(=O)CCCc1ccccc1)C(C)C. The minimum Gasteiger partial charge on any atom is -0.469 e. The molecule has 0 spiro atoms. The quantitative estimate of drug-likeness (QED) is 0.245. The number of aryl methyl sites for hydroxylation is 1. The fourth-order valence-electron chi connectivity index (χ4n) is 3.27. The molecule has 1 aromatic carbocycles. The van der Waals surface area contributed by atoms with Crippen LogP contribution >= 0.6 is 0 Å². The number of benzene rings is 1. The summed E-state index contributed by atoms with van der Waals surface area (Å²) in [4.78, 5) is 72.2. The average Bonchev–Trinajstić information content (AvgIpc) is 2.84. The van der Waals surface area contributed by atoms with Gasteiger partial charge in [-0.05, 0) is 24.3 Å². The Kier molecular flexibility index (Phi) is 13.5. The largest absolute Gasteiger partial charge is 0.469 e. The van der Waals surface area contributed by atoms with Crippen molar-refractivity contribution >= 4 is 35.4 Å². The van der Waals surface area contributed by atoms with Gasteiger partial charge in [0, 0.05) is 13.3 Å². The molecule has 4 N–H and O–H groups in total. The maximum Gasteiger partial charge on any atom is 0.308 e. The second-order valence-electron chi connectivity index (χ2n) is 8.64. The summed E-state index contributed by atoms with van der Waals surface area (Å²) < 4.78 is 4.51. The highest BCUT2D eigenvalue weighted by Gasteiger charge is 2.26. The Labute approximate surface area is 211 Å². The molecule has 0 aromatic heterocycles. The normalized spacial score (nSPS) is 12.1. The molecule has 11 heteroatoms. The Morgan fingerprint density at radius 1 is 0.889 bits per heavy atom. The summed E-state index contributed by atoms with van der Waals surface area (Å²) in [5.41, 5.74) is 1.14. The van der Waals surface area contributed by atoms with Crippen molar-refractivity contribution in [1.29, 1.82) is 0 Å². The molecule has 0 aliphatic rings. The molecule has 4 amide bonds. The number of esters is 1. The molecule has 0 aliphatic heterocycles. The molecule has 0 radical (unpaired) electrons. The van der Waals surface area contributed by atoms with E-state index in [0.717, 1.165) is 19.1 Å². The Hall–Kier alpha value is -3.76. The molecular weight excluding hydrogens is 468 g/mol. The van der Waals surface area contributed by atoms with Crippen LogP contribution in [-0.2, 0) is 39.9 Å². The second kappa shape index (κ2) is 16.0. The van der Waals surface area contributed by atoms with Crippen LogP contribution < -0.4 is 21.3 Å². The third-order valence-corrected chi connectivity index (χ3v) is 5.20. The van der Waals surface area contributed by atoms with Gasteiger partial charge in [-0.15, -0.1) is 0 Å². The summed E-state index contributed by atoms with van der Waals surface area (Å²) in [7, 11) is 1.15. The number of ketones is 1. The van der Waals surface area contributed by atoms with Crippen molar-refractivity contribution in [2.45, 2.75) is 58.5 Å². The third-order valence-electron chi connectivity index (χ3n) is 5.20. The van der Waals surface area contributed by atoms with Gasteiger partial charge in [0.05, 0.1) is 26.6 Å². The van der Waals surface area contributed by atoms with Gasteiger partial charge in [0.1, 0.15) is 12.1 Å². The topological polar surface area (TPSA) is 160 Å². The number of hydrogen-bond donors (Lipinski definition) is 4. The third kappa shape index (κ3) is 12.1. The summed E-state index contributed by atoms with van der Waals surface area (Å²) in [5, 5.41) is 9.74. The smallest absolute Gasteiger partial charge is 0.308 e. The van der Waals surface area contributed by atoms with E-state index in [9.17, 15) is 28.8 Å². The Balaban J connectivity index is 2.50. The predicted octanol–water partition coefficient (Wildman–Crippen LogP) is 0.0194. The number of methoxy groups -OCH3 is 1. The number of carbonyl (C=O) groups is 6. The van der Waals surface area contributed by atoms with Gasteiger partial charge < -0.3 is 26.0 Å². The van der Waals surface area contributed by atoms with Crippen molar-refractivity contribution in [2.75, 3.05) is 20.2 Å². The lowest BCUT2D eigenvalue weighted by molar-refractivity contribution is -0.143. The first-order valence-electron chi connectivity index (χ1n) is 11.8. The van der Waals surface area contributed by atoms with Gasteiger partial charge >= 0.3 is 5.97 Å². The van der Waals surface area contributed by atoms with Crippen molar-refractivity contribution in [3.05, 3.63) is 35.9 Å². The first-order chi connectivity index (χ1) is 17.0. The first kappa shape index (κ1) is 30.3. The Bertz CT molecular complexity index is 918. The minimum absolute atomic E-state index is 0.116. The lowest BCUT2D eigenvalue weighted by atomic mass is 10.0. The monoisotopic (exact) mass is 504 g/mol. The molecule has 1 aromatic rings. The van der Waals surface area contributed by atoms with E-state index in [1.165, 1.54) is 6.92 Å². The fourth-order valence-corrected chi connectivity index (χ4v) is 3.27. The minimum atomic E-state index is -1.21. The molecule has 1 unspecified atom stereocenters. The highest BCUT2D eigenvalue weighted by molar-refractivity contribution is 5.94. The number of ether oxygens (including phenoxy) is 1. The van der Waals surface area contributed by atoms with Crippen LogP contribution in [0.4, 0.5) is 0 Å². The molecule has 0 aliphatic carbocycles.